The van der Waals surface area contributed by atoms with Crippen molar-refractivity contribution in [2.45, 2.75) is 13.3 Å². The predicted molar refractivity (Wildman–Crippen MR) is 105 cm³/mol. The van der Waals surface area contributed by atoms with E-state index in [-0.39, 0.29) is 0 Å². The Morgan fingerprint density at radius 3 is 2.58 bits per heavy atom. The molecule has 1 saturated heterocycles. The molecule has 4 rings (SSSR count). The zero-order chi connectivity index (χ0) is 18.2. The summed E-state index contributed by atoms with van der Waals surface area (Å²) in [6.45, 7) is 9.40. The van der Waals surface area contributed by atoms with Crippen molar-refractivity contribution >= 4 is 5.69 Å². The van der Waals surface area contributed by atoms with Crippen LogP contribution >= 0.6 is 0 Å². The van der Waals surface area contributed by atoms with Gasteiger partial charge in [-0.15, -0.1) is 0 Å². The van der Waals surface area contributed by atoms with Crippen molar-refractivity contribution in [3.63, 3.8) is 0 Å². The van der Waals surface area contributed by atoms with Crippen LogP contribution in [0, 0.1) is 6.92 Å². The molecular formula is C21H29N3O2. The van der Waals surface area contributed by atoms with E-state index in [1.54, 1.807) is 13.3 Å². The van der Waals surface area contributed by atoms with E-state index in [1.807, 2.05) is 19.1 Å². The van der Waals surface area contributed by atoms with Crippen LogP contribution < -0.4 is 9.64 Å². The average molecular weight is 355 g/mol. The van der Waals surface area contributed by atoms with Crippen molar-refractivity contribution in [3.8, 4) is 5.75 Å². The van der Waals surface area contributed by atoms with Crippen LogP contribution in [0.5, 0.6) is 5.75 Å². The lowest BCUT2D eigenvalue weighted by molar-refractivity contribution is 0.0392. The second kappa shape index (κ2) is 9.55. The van der Waals surface area contributed by atoms with Crippen molar-refractivity contribution in [2.75, 3.05) is 57.9 Å². The van der Waals surface area contributed by atoms with Crippen LogP contribution in [-0.2, 0) is 11.2 Å². The van der Waals surface area contributed by atoms with Crippen LogP contribution in [0.25, 0.3) is 0 Å². The number of pyridine rings is 1. The third-order valence-corrected chi connectivity index (χ3v) is 4.95. The van der Waals surface area contributed by atoms with Gasteiger partial charge in [0.2, 0.25) is 0 Å². The second-order valence-electron chi connectivity index (χ2n) is 6.61. The number of benzene rings is 1. The molecule has 0 amide bonds. The SMILES string of the molecule is COc1cccnc1C.c1ccc2c(c1)CCN2CCN1CCOCC1. The molecule has 2 aromatic rings. The number of rotatable bonds is 4. The maximum Gasteiger partial charge on any atom is 0.140 e. The Hall–Kier alpha value is -2.11. The van der Waals surface area contributed by atoms with Gasteiger partial charge in [-0.25, -0.2) is 0 Å². The number of aryl methyl sites for hydroxylation is 1. The predicted octanol–water partition coefficient (Wildman–Crippen LogP) is 2.78. The zero-order valence-corrected chi connectivity index (χ0v) is 15.9. The number of methoxy groups -OCH3 is 1. The lowest BCUT2D eigenvalue weighted by Crippen LogP contribution is -2.41. The molecule has 1 fully saturated rings. The molecule has 2 aliphatic heterocycles. The largest absolute Gasteiger partial charge is 0.495 e. The molecule has 5 nitrogen and oxygen atoms in total. The highest BCUT2D eigenvalue weighted by atomic mass is 16.5. The first kappa shape index (κ1) is 18.7. The lowest BCUT2D eigenvalue weighted by atomic mass is 10.2. The fourth-order valence-electron chi connectivity index (χ4n) is 3.41. The number of hydrogen-bond donors (Lipinski definition) is 0. The summed E-state index contributed by atoms with van der Waals surface area (Å²) in [6.07, 6.45) is 2.96. The summed E-state index contributed by atoms with van der Waals surface area (Å²) >= 11 is 0. The van der Waals surface area contributed by atoms with Crippen LogP contribution in [0.2, 0.25) is 0 Å². The molecule has 5 heteroatoms. The average Bonchev–Trinajstić information content (AvgIpc) is 3.11. The first-order valence-corrected chi connectivity index (χ1v) is 9.36. The minimum absolute atomic E-state index is 0.845. The molecule has 3 heterocycles. The van der Waals surface area contributed by atoms with Crippen LogP contribution in [0.1, 0.15) is 11.3 Å². The summed E-state index contributed by atoms with van der Waals surface area (Å²) < 4.78 is 10.4. The first-order chi connectivity index (χ1) is 12.8. The molecule has 1 aromatic carbocycles. The number of hydrogen-bond acceptors (Lipinski definition) is 5. The van der Waals surface area contributed by atoms with E-state index in [9.17, 15) is 0 Å². The molecule has 0 aliphatic carbocycles. The molecule has 0 radical (unpaired) electrons. The Morgan fingerprint density at radius 2 is 1.85 bits per heavy atom. The van der Waals surface area contributed by atoms with Gasteiger partial charge in [0, 0.05) is 44.6 Å². The van der Waals surface area contributed by atoms with E-state index >= 15 is 0 Å². The quantitative estimate of drug-likeness (QED) is 0.843. The fraction of sp³-hybridized carbons (Fsp3) is 0.476. The number of aromatic nitrogens is 1. The van der Waals surface area contributed by atoms with Gasteiger partial charge in [-0.3, -0.25) is 9.88 Å². The highest BCUT2D eigenvalue weighted by Crippen LogP contribution is 2.26. The molecule has 2 aliphatic rings. The summed E-state index contributed by atoms with van der Waals surface area (Å²) in [7, 11) is 1.64. The van der Waals surface area contributed by atoms with Gasteiger partial charge in [0.1, 0.15) is 5.75 Å². The molecule has 0 spiro atoms. The zero-order valence-electron chi connectivity index (χ0n) is 15.9. The number of nitrogens with zero attached hydrogens (tertiary/aromatic N) is 3. The summed E-state index contributed by atoms with van der Waals surface area (Å²) in [6, 6.07) is 12.5. The van der Waals surface area contributed by atoms with Gasteiger partial charge in [-0.2, -0.15) is 0 Å². The van der Waals surface area contributed by atoms with Gasteiger partial charge in [0.15, 0.2) is 0 Å². The summed E-state index contributed by atoms with van der Waals surface area (Å²) in [5.74, 6) is 0.845. The van der Waals surface area contributed by atoms with E-state index in [2.05, 4.69) is 39.0 Å². The minimum Gasteiger partial charge on any atom is -0.495 e. The van der Waals surface area contributed by atoms with E-state index in [1.165, 1.54) is 24.2 Å². The number of para-hydroxylation sites is 1. The number of fused-ring (bicyclic) bond motifs is 1. The van der Waals surface area contributed by atoms with Crippen LogP contribution in [0.4, 0.5) is 5.69 Å². The van der Waals surface area contributed by atoms with Crippen molar-refractivity contribution in [2.24, 2.45) is 0 Å². The Morgan fingerprint density at radius 1 is 1.04 bits per heavy atom. The molecular weight excluding hydrogens is 326 g/mol. The second-order valence-corrected chi connectivity index (χ2v) is 6.61. The fourth-order valence-corrected chi connectivity index (χ4v) is 3.41. The van der Waals surface area contributed by atoms with E-state index in [4.69, 9.17) is 9.47 Å². The van der Waals surface area contributed by atoms with Gasteiger partial charge in [-0.1, -0.05) is 18.2 Å². The molecule has 0 unspecified atom stereocenters. The first-order valence-electron chi connectivity index (χ1n) is 9.36. The van der Waals surface area contributed by atoms with E-state index < -0.39 is 0 Å². The highest BCUT2D eigenvalue weighted by molar-refractivity contribution is 5.57. The van der Waals surface area contributed by atoms with E-state index in [0.717, 1.165) is 50.8 Å². The topological polar surface area (TPSA) is 37.8 Å². The standard InChI is InChI=1S/C14H20N2O.C7H9NO/c1-2-4-14-13(3-1)5-6-16(14)8-7-15-9-11-17-12-10-15;1-6-7(9-2)4-3-5-8-6/h1-4H,5-12H2;3-5H,1-2H3. The molecule has 0 saturated carbocycles. The van der Waals surface area contributed by atoms with Gasteiger partial charge in [0.05, 0.1) is 26.0 Å². The third-order valence-electron chi connectivity index (χ3n) is 4.95. The molecule has 1 aromatic heterocycles. The molecule has 0 atom stereocenters. The molecule has 26 heavy (non-hydrogen) atoms. The summed E-state index contributed by atoms with van der Waals surface area (Å²) in [5.41, 5.74) is 3.88. The van der Waals surface area contributed by atoms with Crippen molar-refractivity contribution in [1.29, 1.82) is 0 Å². The lowest BCUT2D eigenvalue weighted by Gasteiger charge is -2.29. The summed E-state index contributed by atoms with van der Waals surface area (Å²) in [4.78, 5) is 9.05. The van der Waals surface area contributed by atoms with Gasteiger partial charge in [-0.05, 0) is 37.1 Å². The van der Waals surface area contributed by atoms with Gasteiger partial charge < -0.3 is 14.4 Å². The maximum absolute atomic E-state index is 5.37. The Balaban J connectivity index is 0.000000185. The third kappa shape index (κ3) is 4.96. The molecule has 0 bridgehead atoms. The van der Waals surface area contributed by atoms with Crippen molar-refractivity contribution in [1.82, 2.24) is 9.88 Å². The van der Waals surface area contributed by atoms with E-state index in [0.29, 0.717) is 0 Å². The van der Waals surface area contributed by atoms with Crippen molar-refractivity contribution in [3.05, 3.63) is 53.9 Å². The Labute approximate surface area is 156 Å². The maximum atomic E-state index is 5.37. The van der Waals surface area contributed by atoms with Crippen LogP contribution in [0.15, 0.2) is 42.6 Å². The molecule has 140 valence electrons. The molecule has 0 N–H and O–H groups in total. The monoisotopic (exact) mass is 355 g/mol. The Bertz CT molecular complexity index is 686. The van der Waals surface area contributed by atoms with Gasteiger partial charge >= 0.3 is 0 Å². The normalized spacial score (nSPS) is 16.6. The Kier molecular flexibility index (Phi) is 6.86. The smallest absolute Gasteiger partial charge is 0.140 e. The number of morpholine rings is 1. The van der Waals surface area contributed by atoms with Crippen LogP contribution in [-0.4, -0.2) is 62.9 Å². The highest BCUT2D eigenvalue weighted by Gasteiger charge is 2.19. The van der Waals surface area contributed by atoms with Crippen molar-refractivity contribution < 1.29 is 9.47 Å². The minimum atomic E-state index is 0.845. The van der Waals surface area contributed by atoms with Gasteiger partial charge in [0.25, 0.3) is 0 Å². The number of anilines is 1. The summed E-state index contributed by atoms with van der Waals surface area (Å²) in [5, 5.41) is 0. The van der Waals surface area contributed by atoms with Crippen LogP contribution in [0.3, 0.4) is 0 Å². The number of ether oxygens (including phenoxy) is 2.